The number of ketones is 2. The van der Waals surface area contributed by atoms with E-state index in [2.05, 4.69) is 6.92 Å². The van der Waals surface area contributed by atoms with Gasteiger partial charge in [-0.25, -0.2) is 4.79 Å². The maximum Gasteiger partial charge on any atom is 0.335 e. The molecule has 0 saturated carbocycles. The van der Waals surface area contributed by atoms with Crippen molar-refractivity contribution in [3.8, 4) is 17.2 Å². The number of Topliss-reactive ketones (excluding diaryl/α,β-unsaturated/α-hetero) is 1. The monoisotopic (exact) mass is 588 g/mol. The summed E-state index contributed by atoms with van der Waals surface area (Å²) < 4.78 is 17.9. The fourth-order valence-electron chi connectivity index (χ4n) is 5.00. The molecule has 1 aliphatic heterocycles. The van der Waals surface area contributed by atoms with Gasteiger partial charge >= 0.3 is 11.9 Å². The van der Waals surface area contributed by atoms with E-state index in [1.807, 2.05) is 6.07 Å². The normalized spacial score (nSPS) is 12.3. The summed E-state index contributed by atoms with van der Waals surface area (Å²) in [5.41, 5.74) is 2.75. The van der Waals surface area contributed by atoms with E-state index in [0.29, 0.717) is 54.4 Å². The number of benzene rings is 3. The van der Waals surface area contributed by atoms with E-state index in [1.165, 1.54) is 18.2 Å². The highest BCUT2D eigenvalue weighted by Gasteiger charge is 2.24. The first-order valence-electron chi connectivity index (χ1n) is 14.6. The third kappa shape index (κ3) is 8.22. The van der Waals surface area contributed by atoms with Crippen molar-refractivity contribution in [2.75, 3.05) is 19.8 Å². The number of carbonyl (C=O) groups excluding carboxylic acids is 2. The van der Waals surface area contributed by atoms with Gasteiger partial charge in [0.05, 0.1) is 30.9 Å². The van der Waals surface area contributed by atoms with E-state index >= 15 is 0 Å². The molecule has 2 N–H and O–H groups in total. The maximum atomic E-state index is 13.0. The van der Waals surface area contributed by atoms with Crippen molar-refractivity contribution in [2.24, 2.45) is 0 Å². The van der Waals surface area contributed by atoms with Crippen molar-refractivity contribution in [3.05, 3.63) is 88.0 Å². The van der Waals surface area contributed by atoms with E-state index in [1.54, 1.807) is 30.3 Å². The number of aliphatic carboxylic acids is 1. The SMILES string of the molecule is CCCc1c(OCCCCCOc2ccc(C(=O)c3cccc(C(=O)O)c3)cc2CCC(=O)O)ccc2c1OCCC2=O. The Kier molecular flexibility index (Phi) is 10.9. The Balaban J connectivity index is 1.32. The van der Waals surface area contributed by atoms with Crippen LogP contribution in [0.15, 0.2) is 54.6 Å². The van der Waals surface area contributed by atoms with Crippen molar-refractivity contribution in [3.63, 3.8) is 0 Å². The topological polar surface area (TPSA) is 136 Å². The molecule has 226 valence electrons. The van der Waals surface area contributed by atoms with Gasteiger partial charge in [0.2, 0.25) is 0 Å². The molecule has 0 atom stereocenters. The molecular weight excluding hydrogens is 552 g/mol. The van der Waals surface area contributed by atoms with Crippen LogP contribution in [0, 0.1) is 0 Å². The number of aryl methyl sites for hydroxylation is 1. The molecule has 9 heteroatoms. The average Bonchev–Trinajstić information content (AvgIpc) is 3.00. The molecule has 0 unspecified atom stereocenters. The van der Waals surface area contributed by atoms with E-state index < -0.39 is 11.9 Å². The molecule has 3 aromatic carbocycles. The predicted molar refractivity (Wildman–Crippen MR) is 159 cm³/mol. The Labute approximate surface area is 250 Å². The number of hydrogen-bond donors (Lipinski definition) is 2. The Hall–Kier alpha value is -4.66. The molecule has 9 nitrogen and oxygen atoms in total. The smallest absolute Gasteiger partial charge is 0.335 e. The van der Waals surface area contributed by atoms with Crippen LogP contribution in [0.5, 0.6) is 17.2 Å². The second-order valence-corrected chi connectivity index (χ2v) is 10.4. The van der Waals surface area contributed by atoms with E-state index in [4.69, 9.17) is 14.2 Å². The molecule has 0 fully saturated rings. The molecule has 0 spiro atoms. The minimum absolute atomic E-state index is 0.0110. The zero-order valence-corrected chi connectivity index (χ0v) is 24.2. The molecule has 0 radical (unpaired) electrons. The molecule has 0 aliphatic carbocycles. The Bertz CT molecular complexity index is 1490. The zero-order chi connectivity index (χ0) is 30.8. The Morgan fingerprint density at radius 3 is 2.26 bits per heavy atom. The molecule has 0 bridgehead atoms. The largest absolute Gasteiger partial charge is 0.493 e. The van der Waals surface area contributed by atoms with Crippen LogP contribution in [0.3, 0.4) is 0 Å². The lowest BCUT2D eigenvalue weighted by Gasteiger charge is -2.22. The van der Waals surface area contributed by atoms with Gasteiger partial charge < -0.3 is 24.4 Å². The van der Waals surface area contributed by atoms with Gasteiger partial charge in [0, 0.05) is 29.5 Å². The van der Waals surface area contributed by atoms with Crippen LogP contribution in [0.25, 0.3) is 0 Å². The number of rotatable bonds is 16. The quantitative estimate of drug-likeness (QED) is 0.148. The molecule has 0 amide bonds. The number of unbranched alkanes of at least 4 members (excludes halogenated alkanes) is 2. The summed E-state index contributed by atoms with van der Waals surface area (Å²) in [4.78, 5) is 47.8. The van der Waals surface area contributed by atoms with Crippen molar-refractivity contribution in [1.82, 2.24) is 0 Å². The van der Waals surface area contributed by atoms with Gasteiger partial charge in [0.25, 0.3) is 0 Å². The van der Waals surface area contributed by atoms with Crippen LogP contribution in [-0.4, -0.2) is 53.5 Å². The molecule has 4 rings (SSSR count). The first-order chi connectivity index (χ1) is 20.8. The molecule has 1 heterocycles. The van der Waals surface area contributed by atoms with Crippen LogP contribution in [0.1, 0.15) is 93.2 Å². The summed E-state index contributed by atoms with van der Waals surface area (Å²) in [7, 11) is 0. The number of ether oxygens (including phenoxy) is 3. The van der Waals surface area contributed by atoms with Crippen LogP contribution < -0.4 is 14.2 Å². The van der Waals surface area contributed by atoms with Crippen LogP contribution in [0.2, 0.25) is 0 Å². The molecule has 1 aliphatic rings. The molecule has 3 aromatic rings. The Morgan fingerprint density at radius 1 is 0.837 bits per heavy atom. The van der Waals surface area contributed by atoms with Crippen LogP contribution in [-0.2, 0) is 17.6 Å². The number of hydrogen-bond acceptors (Lipinski definition) is 7. The lowest BCUT2D eigenvalue weighted by atomic mass is 9.98. The van der Waals surface area contributed by atoms with Gasteiger partial charge in [-0.05, 0) is 80.1 Å². The first-order valence-corrected chi connectivity index (χ1v) is 14.6. The Morgan fingerprint density at radius 2 is 1.53 bits per heavy atom. The van der Waals surface area contributed by atoms with E-state index in [9.17, 15) is 29.4 Å². The minimum atomic E-state index is -1.13. The summed E-state index contributed by atoms with van der Waals surface area (Å²) >= 11 is 0. The lowest BCUT2D eigenvalue weighted by Crippen LogP contribution is -2.17. The lowest BCUT2D eigenvalue weighted by molar-refractivity contribution is -0.136. The summed E-state index contributed by atoms with van der Waals surface area (Å²) in [6.07, 6.45) is 4.50. The van der Waals surface area contributed by atoms with Crippen molar-refractivity contribution in [1.29, 1.82) is 0 Å². The average molecular weight is 589 g/mol. The molecule has 0 saturated heterocycles. The summed E-state index contributed by atoms with van der Waals surface area (Å²) in [6, 6.07) is 14.3. The third-order valence-electron chi connectivity index (χ3n) is 7.20. The van der Waals surface area contributed by atoms with Gasteiger partial charge in [-0.2, -0.15) is 0 Å². The summed E-state index contributed by atoms with van der Waals surface area (Å²) in [5, 5.41) is 18.4. The fourth-order valence-corrected chi connectivity index (χ4v) is 5.00. The van der Waals surface area contributed by atoms with Gasteiger partial charge in [-0.1, -0.05) is 25.5 Å². The van der Waals surface area contributed by atoms with Crippen molar-refractivity contribution in [2.45, 2.75) is 58.3 Å². The zero-order valence-electron chi connectivity index (χ0n) is 24.2. The highest BCUT2D eigenvalue weighted by molar-refractivity contribution is 6.10. The minimum Gasteiger partial charge on any atom is -0.493 e. The van der Waals surface area contributed by atoms with Gasteiger partial charge in [0.1, 0.15) is 17.2 Å². The molecular formula is C34H36O9. The standard InChI is InChI=1S/C34H36O9/c1-2-7-27-30(14-12-26-28(35)16-19-43-33(26)27)42-18-5-3-4-17-41-29-13-10-24(20-22(29)11-15-31(36)37)32(38)23-8-6-9-25(21-23)34(39)40/h6,8-10,12-14,20-21H,2-5,7,11,15-19H2,1H3,(H,36,37)(H,39,40). The molecule has 43 heavy (non-hydrogen) atoms. The third-order valence-corrected chi connectivity index (χ3v) is 7.20. The van der Waals surface area contributed by atoms with Crippen molar-refractivity contribution < 1.29 is 43.6 Å². The van der Waals surface area contributed by atoms with Crippen LogP contribution >= 0.6 is 0 Å². The van der Waals surface area contributed by atoms with Gasteiger partial charge in [0.15, 0.2) is 11.6 Å². The van der Waals surface area contributed by atoms with Gasteiger partial charge in [-0.3, -0.25) is 14.4 Å². The summed E-state index contributed by atoms with van der Waals surface area (Å²) in [5.74, 6) is -0.423. The maximum absolute atomic E-state index is 13.0. The number of fused-ring (bicyclic) bond motifs is 1. The molecule has 0 aromatic heterocycles. The van der Waals surface area contributed by atoms with E-state index in [0.717, 1.165) is 43.4 Å². The first kappa shape index (κ1) is 31.3. The highest BCUT2D eigenvalue weighted by atomic mass is 16.5. The number of carboxylic acids is 2. The van der Waals surface area contributed by atoms with E-state index in [-0.39, 0.29) is 35.5 Å². The van der Waals surface area contributed by atoms with Crippen LogP contribution in [0.4, 0.5) is 0 Å². The number of carbonyl (C=O) groups is 4. The number of aromatic carboxylic acids is 1. The second-order valence-electron chi connectivity index (χ2n) is 10.4. The number of carboxylic acid groups (broad SMARTS) is 2. The van der Waals surface area contributed by atoms with Gasteiger partial charge in [-0.15, -0.1) is 0 Å². The highest BCUT2D eigenvalue weighted by Crippen LogP contribution is 2.36. The summed E-state index contributed by atoms with van der Waals surface area (Å²) in [6.45, 7) is 3.38. The van der Waals surface area contributed by atoms with Crippen molar-refractivity contribution >= 4 is 23.5 Å². The fraction of sp³-hybridized carbons (Fsp3) is 0.353. The second kappa shape index (κ2) is 15.0. The predicted octanol–water partition coefficient (Wildman–Crippen LogP) is 6.18.